The van der Waals surface area contributed by atoms with E-state index < -0.39 is 29.2 Å². The Kier molecular flexibility index (Phi) is 7.07. The van der Waals surface area contributed by atoms with Crippen molar-refractivity contribution >= 4 is 74.9 Å². The number of nitriles is 1. The van der Waals surface area contributed by atoms with Gasteiger partial charge >= 0.3 is 5.97 Å². The second-order valence-corrected chi connectivity index (χ2v) is 9.93. The second-order valence-electron chi connectivity index (χ2n) is 6.78. The van der Waals surface area contributed by atoms with Gasteiger partial charge in [0.1, 0.15) is 23.7 Å². The Labute approximate surface area is 209 Å². The Morgan fingerprint density at radius 1 is 1.50 bits per heavy atom. The number of nitrogens with one attached hydrogen (secondary N) is 1. The topological polar surface area (TPSA) is 193 Å². The lowest BCUT2D eigenvalue weighted by molar-refractivity contribution is -0.150. The molecule has 1 unspecified atom stereocenters. The number of nitrogens with zero attached hydrogens (tertiary/aromatic N) is 7. The van der Waals surface area contributed by atoms with Crippen LogP contribution in [0.1, 0.15) is 5.69 Å². The molecule has 0 aromatic carbocycles. The van der Waals surface area contributed by atoms with Gasteiger partial charge in [-0.25, -0.2) is 14.5 Å². The SMILES string of the molecule is N#CCn1nnnc1SCC1=C(C(=O)O)N2C(=O)C(NC(=O)C(=CCl)c3csc(N)n3)[C@H]2SC1. The maximum absolute atomic E-state index is 12.9. The fourth-order valence-electron chi connectivity index (χ4n) is 3.26. The predicted octanol–water partition coefficient (Wildman–Crippen LogP) is 0.346. The number of rotatable bonds is 8. The van der Waals surface area contributed by atoms with Crippen molar-refractivity contribution in [2.45, 2.75) is 23.1 Å². The smallest absolute Gasteiger partial charge is 0.352 e. The zero-order valence-corrected chi connectivity index (χ0v) is 20.1. The van der Waals surface area contributed by atoms with Gasteiger partial charge < -0.3 is 16.2 Å². The van der Waals surface area contributed by atoms with Crippen LogP contribution in [0.15, 0.2) is 27.3 Å². The minimum absolute atomic E-state index is 0.0443. The number of aromatic nitrogens is 5. The fourth-order valence-corrected chi connectivity index (χ4v) is 6.40. The number of hydrogen-bond donors (Lipinski definition) is 3. The third kappa shape index (κ3) is 4.46. The van der Waals surface area contributed by atoms with Gasteiger partial charge in [0.2, 0.25) is 5.16 Å². The summed E-state index contributed by atoms with van der Waals surface area (Å²) in [5, 5.41) is 33.9. The fraction of sp³-hybridized carbons (Fsp3) is 0.294. The molecule has 0 radical (unpaired) electrons. The maximum atomic E-state index is 12.9. The highest BCUT2D eigenvalue weighted by Gasteiger charge is 2.54. The first-order valence-electron chi connectivity index (χ1n) is 9.34. The number of carboxylic acid groups (broad SMARTS) is 1. The van der Waals surface area contributed by atoms with E-state index in [2.05, 4.69) is 25.8 Å². The summed E-state index contributed by atoms with van der Waals surface area (Å²) < 4.78 is 1.29. The molecule has 2 atom stereocenters. The third-order valence-electron chi connectivity index (χ3n) is 4.78. The first kappa shape index (κ1) is 24.0. The number of fused-ring (bicyclic) bond motifs is 1. The number of anilines is 1. The summed E-state index contributed by atoms with van der Waals surface area (Å²) in [6.45, 7) is -0.0464. The average Bonchev–Trinajstić information content (AvgIpc) is 3.44. The number of aliphatic carboxylic acids is 1. The van der Waals surface area contributed by atoms with Crippen molar-refractivity contribution < 1.29 is 19.5 Å². The Balaban J connectivity index is 1.48. The molecular formula is C17H14ClN9O4S3. The van der Waals surface area contributed by atoms with Crippen LogP contribution in [-0.4, -0.2) is 75.9 Å². The number of carbonyl (C=O) groups excluding carboxylic acids is 2. The number of tetrazole rings is 1. The molecule has 34 heavy (non-hydrogen) atoms. The zero-order valence-electron chi connectivity index (χ0n) is 16.9. The normalized spacial score (nSPS) is 19.9. The Morgan fingerprint density at radius 3 is 2.94 bits per heavy atom. The molecule has 0 spiro atoms. The summed E-state index contributed by atoms with van der Waals surface area (Å²) in [4.78, 5) is 42.8. The molecule has 4 rings (SSSR count). The van der Waals surface area contributed by atoms with E-state index in [1.807, 2.05) is 6.07 Å². The van der Waals surface area contributed by atoms with Crippen molar-refractivity contribution in [2.75, 3.05) is 17.2 Å². The van der Waals surface area contributed by atoms with Crippen LogP contribution >= 0.6 is 46.5 Å². The van der Waals surface area contributed by atoms with Gasteiger partial charge in [0.05, 0.1) is 17.3 Å². The predicted molar refractivity (Wildman–Crippen MR) is 124 cm³/mol. The minimum atomic E-state index is -1.25. The molecule has 0 bridgehead atoms. The van der Waals surface area contributed by atoms with E-state index in [4.69, 9.17) is 22.6 Å². The molecule has 0 aliphatic carbocycles. The lowest BCUT2D eigenvalue weighted by Crippen LogP contribution is -2.70. The summed E-state index contributed by atoms with van der Waals surface area (Å²) >= 11 is 9.42. The van der Waals surface area contributed by atoms with Crippen LogP contribution in [-0.2, 0) is 20.9 Å². The number of nitrogen functional groups attached to an aromatic ring is 1. The molecule has 0 saturated carbocycles. The molecule has 2 aliphatic rings. The standard InChI is InChI=1S/C17H14ClN9O4S3/c18-3-8(9-6-33-16(20)21-9)12(28)22-10-13(29)27-11(15(30)31)7(4-32-14(10)27)5-34-17-23-24-25-26(17)2-1-19/h3,6,10,14H,2,4-5H2,(H2,20,21)(H,22,28)(H,30,31)/t10?,14-/m1/s1. The van der Waals surface area contributed by atoms with Crippen molar-refractivity contribution in [2.24, 2.45) is 0 Å². The van der Waals surface area contributed by atoms with E-state index in [1.54, 1.807) is 5.38 Å². The average molecular weight is 540 g/mol. The van der Waals surface area contributed by atoms with Crippen molar-refractivity contribution in [3.8, 4) is 6.07 Å². The Hall–Kier alpha value is -3.13. The molecule has 13 nitrogen and oxygen atoms in total. The van der Waals surface area contributed by atoms with Gasteiger partial charge in [0, 0.05) is 22.4 Å². The second kappa shape index (κ2) is 10.0. The van der Waals surface area contributed by atoms with Crippen LogP contribution in [0.4, 0.5) is 5.13 Å². The van der Waals surface area contributed by atoms with E-state index in [-0.39, 0.29) is 34.4 Å². The van der Waals surface area contributed by atoms with Crippen molar-refractivity contribution in [3.05, 3.63) is 27.9 Å². The van der Waals surface area contributed by atoms with E-state index in [1.165, 1.54) is 21.3 Å². The number of thiazole rings is 1. The van der Waals surface area contributed by atoms with Gasteiger partial charge in [-0.2, -0.15) is 5.26 Å². The van der Waals surface area contributed by atoms with Crippen LogP contribution in [0.25, 0.3) is 5.57 Å². The maximum Gasteiger partial charge on any atom is 0.352 e. The van der Waals surface area contributed by atoms with Crippen LogP contribution < -0.4 is 11.1 Å². The van der Waals surface area contributed by atoms with E-state index in [0.717, 1.165) is 28.6 Å². The molecule has 2 aromatic heterocycles. The highest BCUT2D eigenvalue weighted by Crippen LogP contribution is 2.41. The Morgan fingerprint density at radius 2 is 2.29 bits per heavy atom. The molecule has 4 heterocycles. The summed E-state index contributed by atoms with van der Waals surface area (Å²) in [5.41, 5.74) is 7.35. The number of β-lactam (4-membered cyclic amide) rings is 1. The highest BCUT2D eigenvalue weighted by molar-refractivity contribution is 8.01. The minimum Gasteiger partial charge on any atom is -0.477 e. The van der Waals surface area contributed by atoms with Gasteiger partial charge in [-0.1, -0.05) is 23.4 Å². The van der Waals surface area contributed by atoms with Gasteiger partial charge in [-0.05, 0) is 16.0 Å². The molecule has 2 aromatic rings. The molecule has 1 saturated heterocycles. The Bertz CT molecular complexity index is 1270. The number of halogens is 1. The number of amides is 2. The number of thioether (sulfide) groups is 2. The molecule has 17 heteroatoms. The highest BCUT2D eigenvalue weighted by atomic mass is 35.5. The monoisotopic (exact) mass is 539 g/mol. The first-order chi connectivity index (χ1) is 16.3. The summed E-state index contributed by atoms with van der Waals surface area (Å²) in [6, 6.07) is 1.01. The van der Waals surface area contributed by atoms with E-state index in [0.29, 0.717) is 16.5 Å². The third-order valence-corrected chi connectivity index (χ3v) is 8.06. The van der Waals surface area contributed by atoms with Crippen molar-refractivity contribution in [3.63, 3.8) is 0 Å². The lowest BCUT2D eigenvalue weighted by atomic mass is 10.0. The molecule has 1 fully saturated rings. The lowest BCUT2D eigenvalue weighted by Gasteiger charge is -2.49. The van der Waals surface area contributed by atoms with Crippen molar-refractivity contribution in [1.82, 2.24) is 35.4 Å². The summed E-state index contributed by atoms with van der Waals surface area (Å²) in [6.07, 6.45) is 0. The van der Waals surface area contributed by atoms with Crippen molar-refractivity contribution in [1.29, 1.82) is 5.26 Å². The largest absolute Gasteiger partial charge is 0.477 e. The van der Waals surface area contributed by atoms with Gasteiger partial charge in [-0.15, -0.1) is 28.2 Å². The van der Waals surface area contributed by atoms with Crippen LogP contribution in [0.2, 0.25) is 0 Å². The van der Waals surface area contributed by atoms with Crippen LogP contribution in [0.3, 0.4) is 0 Å². The zero-order chi connectivity index (χ0) is 24.4. The van der Waals surface area contributed by atoms with Gasteiger partial charge in [0.25, 0.3) is 11.8 Å². The molecule has 2 amide bonds. The molecule has 176 valence electrons. The number of carboxylic acids is 1. The number of hydrogen-bond acceptors (Lipinski definition) is 12. The van der Waals surface area contributed by atoms with Crippen LogP contribution in [0, 0.1) is 11.3 Å². The quantitative estimate of drug-likeness (QED) is 0.237. The van der Waals surface area contributed by atoms with Crippen LogP contribution in [0.5, 0.6) is 0 Å². The van der Waals surface area contributed by atoms with E-state index >= 15 is 0 Å². The molecule has 4 N–H and O–H groups in total. The van der Waals surface area contributed by atoms with E-state index in [9.17, 15) is 19.5 Å². The summed E-state index contributed by atoms with van der Waals surface area (Å²) in [7, 11) is 0. The number of carbonyl (C=O) groups is 3. The molecular weight excluding hydrogens is 526 g/mol. The number of nitrogens with two attached hydrogens (primary N) is 1. The first-order valence-corrected chi connectivity index (χ1v) is 12.7. The molecule has 2 aliphatic heterocycles. The summed E-state index contributed by atoms with van der Waals surface area (Å²) in [5.74, 6) is -1.90. The van der Waals surface area contributed by atoms with Gasteiger partial charge in [0.15, 0.2) is 5.13 Å². The van der Waals surface area contributed by atoms with Gasteiger partial charge in [-0.3, -0.25) is 14.5 Å².